The van der Waals surface area contributed by atoms with Crippen LogP contribution in [-0.4, -0.2) is 27.7 Å². The van der Waals surface area contributed by atoms with Crippen molar-refractivity contribution in [1.82, 2.24) is 9.97 Å². The predicted molar refractivity (Wildman–Crippen MR) is 49.2 cm³/mol. The fourth-order valence-electron chi connectivity index (χ4n) is 0.834. The van der Waals surface area contributed by atoms with Gasteiger partial charge in [0.05, 0.1) is 12.8 Å². The van der Waals surface area contributed by atoms with Gasteiger partial charge in [-0.15, -0.1) is 0 Å². The zero-order valence-corrected chi connectivity index (χ0v) is 7.73. The second-order valence-electron chi connectivity index (χ2n) is 2.60. The molecule has 0 aliphatic carbocycles. The van der Waals surface area contributed by atoms with E-state index in [2.05, 4.69) is 9.97 Å². The summed E-state index contributed by atoms with van der Waals surface area (Å²) in [5.74, 6) is -1.11. The Kier molecular flexibility index (Phi) is 3.22. The van der Waals surface area contributed by atoms with E-state index in [-0.39, 0.29) is 17.4 Å². The van der Waals surface area contributed by atoms with Crippen molar-refractivity contribution >= 4 is 11.9 Å². The molecule has 76 valence electrons. The van der Waals surface area contributed by atoms with E-state index in [1.165, 1.54) is 0 Å². The molecule has 0 fully saturated rings. The van der Waals surface area contributed by atoms with E-state index in [9.17, 15) is 4.79 Å². The van der Waals surface area contributed by atoms with Crippen LogP contribution >= 0.6 is 0 Å². The Morgan fingerprint density at radius 1 is 1.71 bits per heavy atom. The van der Waals surface area contributed by atoms with Gasteiger partial charge in [-0.3, -0.25) is 0 Å². The maximum atomic E-state index is 10.7. The van der Waals surface area contributed by atoms with Crippen molar-refractivity contribution in [3.8, 4) is 5.88 Å². The second kappa shape index (κ2) is 4.40. The molecular weight excluding hydrogens is 186 g/mol. The molecule has 6 heteroatoms. The average Bonchev–Trinajstić information content (AvgIpc) is 2.14. The first-order valence-corrected chi connectivity index (χ1v) is 4.13. The summed E-state index contributed by atoms with van der Waals surface area (Å²) in [6.07, 6.45) is 1.90. The van der Waals surface area contributed by atoms with Crippen LogP contribution in [0.1, 0.15) is 23.7 Å². The number of nitrogens with zero attached hydrogens (tertiary/aromatic N) is 2. The van der Waals surface area contributed by atoms with Crippen LogP contribution in [0, 0.1) is 0 Å². The molecule has 0 atom stereocenters. The Bertz CT molecular complexity index is 341. The van der Waals surface area contributed by atoms with Crippen molar-refractivity contribution < 1.29 is 14.6 Å². The van der Waals surface area contributed by atoms with E-state index >= 15 is 0 Å². The zero-order chi connectivity index (χ0) is 10.6. The van der Waals surface area contributed by atoms with Gasteiger partial charge in [0.1, 0.15) is 5.56 Å². The number of rotatable bonds is 4. The first-order valence-electron chi connectivity index (χ1n) is 4.13. The first kappa shape index (κ1) is 10.2. The van der Waals surface area contributed by atoms with Crippen LogP contribution in [0.25, 0.3) is 0 Å². The number of nitrogens with two attached hydrogens (primary N) is 1. The summed E-state index contributed by atoms with van der Waals surface area (Å²) in [5, 5.41) is 8.76. The molecule has 0 aliphatic rings. The Labute approximate surface area is 80.7 Å². The first-order chi connectivity index (χ1) is 6.65. The van der Waals surface area contributed by atoms with Gasteiger partial charge in [-0.2, -0.15) is 4.98 Å². The summed E-state index contributed by atoms with van der Waals surface area (Å²) >= 11 is 0. The van der Waals surface area contributed by atoms with Crippen molar-refractivity contribution in [2.24, 2.45) is 0 Å². The van der Waals surface area contributed by atoms with E-state index < -0.39 is 5.97 Å². The Balaban J connectivity index is 2.97. The number of hydrogen-bond acceptors (Lipinski definition) is 5. The fourth-order valence-corrected chi connectivity index (χ4v) is 0.834. The molecule has 0 saturated carbocycles. The second-order valence-corrected chi connectivity index (χ2v) is 2.60. The van der Waals surface area contributed by atoms with Crippen molar-refractivity contribution in [2.45, 2.75) is 13.3 Å². The van der Waals surface area contributed by atoms with E-state index in [4.69, 9.17) is 15.6 Å². The number of hydrogen-bond donors (Lipinski definition) is 2. The molecule has 0 unspecified atom stereocenters. The van der Waals surface area contributed by atoms with Gasteiger partial charge in [-0.25, -0.2) is 9.78 Å². The number of nitrogen functional groups attached to an aromatic ring is 1. The third-order valence-corrected chi connectivity index (χ3v) is 1.45. The number of carboxylic acids is 1. The highest BCUT2D eigenvalue weighted by atomic mass is 16.5. The number of anilines is 1. The van der Waals surface area contributed by atoms with Crippen LogP contribution in [0.2, 0.25) is 0 Å². The summed E-state index contributed by atoms with van der Waals surface area (Å²) in [7, 11) is 0. The predicted octanol–water partition coefficient (Wildman–Crippen LogP) is 0.546. The smallest absolute Gasteiger partial charge is 0.342 e. The fraction of sp³-hybridized carbons (Fsp3) is 0.375. The molecule has 1 rings (SSSR count). The maximum Gasteiger partial charge on any atom is 0.342 e. The van der Waals surface area contributed by atoms with Gasteiger partial charge in [0.2, 0.25) is 11.8 Å². The standard InChI is InChI=1S/C8H11N3O3/c1-2-3-14-6-5(7(12)13)4-10-8(9)11-6/h4H,2-3H2,1H3,(H,12,13)(H2,9,10,11). The van der Waals surface area contributed by atoms with E-state index in [0.717, 1.165) is 12.6 Å². The van der Waals surface area contributed by atoms with Crippen LogP contribution in [0.15, 0.2) is 6.20 Å². The number of carboxylic acid groups (broad SMARTS) is 1. The topological polar surface area (TPSA) is 98.3 Å². The SMILES string of the molecule is CCCOc1nc(N)ncc1C(=O)O. The largest absolute Gasteiger partial charge is 0.477 e. The molecule has 0 radical (unpaired) electrons. The van der Waals surface area contributed by atoms with Crippen molar-refractivity contribution in [3.63, 3.8) is 0 Å². The van der Waals surface area contributed by atoms with E-state index in [1.807, 2.05) is 6.92 Å². The number of ether oxygens (including phenoxy) is 1. The quantitative estimate of drug-likeness (QED) is 0.731. The molecule has 1 heterocycles. The lowest BCUT2D eigenvalue weighted by Crippen LogP contribution is -2.08. The highest BCUT2D eigenvalue weighted by Gasteiger charge is 2.13. The van der Waals surface area contributed by atoms with Crippen LogP contribution in [0.5, 0.6) is 5.88 Å². The third-order valence-electron chi connectivity index (χ3n) is 1.45. The number of aromatic carboxylic acids is 1. The van der Waals surface area contributed by atoms with Crippen molar-refractivity contribution in [3.05, 3.63) is 11.8 Å². The van der Waals surface area contributed by atoms with Gasteiger partial charge < -0.3 is 15.6 Å². The highest BCUT2D eigenvalue weighted by Crippen LogP contribution is 2.15. The van der Waals surface area contributed by atoms with Gasteiger partial charge in [0.25, 0.3) is 0 Å². The summed E-state index contributed by atoms with van der Waals surface area (Å²) in [6.45, 7) is 2.31. The van der Waals surface area contributed by atoms with E-state index in [0.29, 0.717) is 6.61 Å². The summed E-state index contributed by atoms with van der Waals surface area (Å²) in [4.78, 5) is 18.0. The number of aromatic nitrogens is 2. The van der Waals surface area contributed by atoms with Gasteiger partial charge in [0.15, 0.2) is 0 Å². The number of carbonyl (C=O) groups is 1. The molecule has 6 nitrogen and oxygen atoms in total. The third kappa shape index (κ3) is 2.32. The minimum Gasteiger partial charge on any atom is -0.477 e. The van der Waals surface area contributed by atoms with Gasteiger partial charge in [-0.05, 0) is 6.42 Å². The molecule has 0 amide bonds. The van der Waals surface area contributed by atoms with Crippen molar-refractivity contribution in [1.29, 1.82) is 0 Å². The Hall–Kier alpha value is -1.85. The molecule has 0 saturated heterocycles. The monoisotopic (exact) mass is 197 g/mol. The van der Waals surface area contributed by atoms with Gasteiger partial charge in [-0.1, -0.05) is 6.92 Å². The summed E-state index contributed by atoms with van der Waals surface area (Å²) in [6, 6.07) is 0. The minimum absolute atomic E-state index is 0.00102. The lowest BCUT2D eigenvalue weighted by molar-refractivity contribution is 0.0690. The summed E-state index contributed by atoms with van der Waals surface area (Å²) < 4.78 is 5.12. The van der Waals surface area contributed by atoms with Gasteiger partial charge in [0, 0.05) is 0 Å². The van der Waals surface area contributed by atoms with Gasteiger partial charge >= 0.3 is 5.97 Å². The van der Waals surface area contributed by atoms with Crippen LogP contribution in [0.3, 0.4) is 0 Å². The maximum absolute atomic E-state index is 10.7. The molecular formula is C8H11N3O3. The molecule has 3 N–H and O–H groups in total. The minimum atomic E-state index is -1.13. The zero-order valence-electron chi connectivity index (χ0n) is 7.73. The average molecular weight is 197 g/mol. The Morgan fingerprint density at radius 3 is 3.00 bits per heavy atom. The highest BCUT2D eigenvalue weighted by molar-refractivity contribution is 5.89. The van der Waals surface area contributed by atoms with E-state index in [1.54, 1.807) is 0 Å². The molecule has 1 aromatic heterocycles. The van der Waals surface area contributed by atoms with Crippen molar-refractivity contribution in [2.75, 3.05) is 12.3 Å². The summed E-state index contributed by atoms with van der Waals surface area (Å²) in [5.41, 5.74) is 5.23. The Morgan fingerprint density at radius 2 is 2.43 bits per heavy atom. The molecule has 0 spiro atoms. The van der Waals surface area contributed by atoms with Crippen LogP contribution in [0.4, 0.5) is 5.95 Å². The van der Waals surface area contributed by atoms with Crippen LogP contribution in [-0.2, 0) is 0 Å². The van der Waals surface area contributed by atoms with Crippen LogP contribution < -0.4 is 10.5 Å². The normalized spacial score (nSPS) is 9.79. The lowest BCUT2D eigenvalue weighted by Gasteiger charge is -2.06. The molecule has 0 bridgehead atoms. The molecule has 1 aromatic rings. The molecule has 14 heavy (non-hydrogen) atoms. The molecule has 0 aromatic carbocycles. The lowest BCUT2D eigenvalue weighted by atomic mass is 10.3. The molecule has 0 aliphatic heterocycles.